The minimum Gasteiger partial charge on any atom is -0.496 e. The summed E-state index contributed by atoms with van der Waals surface area (Å²) < 4.78 is 11.7. The number of hydrogen-bond donors (Lipinski definition) is 0. The van der Waals surface area contributed by atoms with Crippen molar-refractivity contribution in [3.63, 3.8) is 0 Å². The Kier molecular flexibility index (Phi) is 4.14. The summed E-state index contributed by atoms with van der Waals surface area (Å²) in [5, 5.41) is 0. The van der Waals surface area contributed by atoms with Crippen LogP contribution in [0, 0.1) is 6.92 Å². The zero-order chi connectivity index (χ0) is 20.8. The highest BCUT2D eigenvalue weighted by molar-refractivity contribution is 6.32. The van der Waals surface area contributed by atoms with E-state index in [9.17, 15) is 9.59 Å². The normalized spacial score (nSPS) is 12.5. The molecule has 1 aliphatic rings. The summed E-state index contributed by atoms with van der Waals surface area (Å²) in [7, 11) is 1.51. The van der Waals surface area contributed by atoms with Gasteiger partial charge in [-0.15, -0.1) is 0 Å². The van der Waals surface area contributed by atoms with Gasteiger partial charge in [-0.25, -0.2) is 0 Å². The molecule has 0 radical (unpaired) electrons. The van der Waals surface area contributed by atoms with Crippen LogP contribution in [0.25, 0.3) is 22.6 Å². The highest BCUT2D eigenvalue weighted by Gasteiger charge is 2.40. The van der Waals surface area contributed by atoms with E-state index in [1.807, 2.05) is 67.6 Å². The number of rotatable bonds is 3. The summed E-state index contributed by atoms with van der Waals surface area (Å²) in [6, 6.07) is 22.3. The standard InChI is InChI=1S/C26H18O4/c1-15-13-14-18-19(24(15)29-2)23(28)21-20(22(18)27)25(16-9-5-3-6-10-16)30-26(21)17-11-7-4-8-12-17/h3-14H,1-2H3. The summed E-state index contributed by atoms with van der Waals surface area (Å²) in [5.41, 5.74) is 3.53. The van der Waals surface area contributed by atoms with Crippen molar-refractivity contribution < 1.29 is 18.7 Å². The first kappa shape index (κ1) is 18.1. The fourth-order valence-corrected chi connectivity index (χ4v) is 4.07. The molecule has 30 heavy (non-hydrogen) atoms. The molecule has 0 aliphatic heterocycles. The van der Waals surface area contributed by atoms with Gasteiger partial charge < -0.3 is 9.15 Å². The average Bonchev–Trinajstić information content (AvgIpc) is 3.19. The van der Waals surface area contributed by atoms with Crippen molar-refractivity contribution in [3.8, 4) is 28.4 Å². The Morgan fingerprint density at radius 3 is 1.73 bits per heavy atom. The van der Waals surface area contributed by atoms with Crippen LogP contribution in [0.15, 0.2) is 77.2 Å². The molecule has 4 heteroatoms. The molecule has 1 heterocycles. The number of fused-ring (bicyclic) bond motifs is 2. The largest absolute Gasteiger partial charge is 0.496 e. The van der Waals surface area contributed by atoms with Crippen LogP contribution in [-0.4, -0.2) is 18.7 Å². The van der Waals surface area contributed by atoms with Crippen LogP contribution in [0.1, 0.15) is 37.4 Å². The summed E-state index contributed by atoms with van der Waals surface area (Å²) >= 11 is 0. The van der Waals surface area contributed by atoms with E-state index in [0.717, 1.165) is 16.7 Å². The SMILES string of the molecule is COc1c(C)ccc2c1C(=O)c1c(-c3ccccc3)oc(-c3ccccc3)c1C2=O. The summed E-state index contributed by atoms with van der Waals surface area (Å²) in [6.45, 7) is 1.86. The van der Waals surface area contributed by atoms with Crippen LogP contribution in [0.4, 0.5) is 0 Å². The Hall–Kier alpha value is -3.92. The van der Waals surface area contributed by atoms with Crippen LogP contribution in [0.5, 0.6) is 5.75 Å². The lowest BCUT2D eigenvalue weighted by atomic mass is 9.81. The van der Waals surface area contributed by atoms with E-state index in [2.05, 4.69) is 0 Å². The molecule has 0 spiro atoms. The molecule has 4 nitrogen and oxygen atoms in total. The maximum Gasteiger partial charge on any atom is 0.202 e. The number of ether oxygens (including phenoxy) is 1. The lowest BCUT2D eigenvalue weighted by Gasteiger charge is -2.19. The zero-order valence-electron chi connectivity index (χ0n) is 16.6. The molecule has 3 aromatic carbocycles. The fraction of sp³-hybridized carbons (Fsp3) is 0.0769. The maximum absolute atomic E-state index is 13.7. The van der Waals surface area contributed by atoms with E-state index in [1.54, 1.807) is 12.1 Å². The number of hydrogen-bond acceptors (Lipinski definition) is 4. The van der Waals surface area contributed by atoms with E-state index < -0.39 is 0 Å². The molecule has 146 valence electrons. The van der Waals surface area contributed by atoms with Crippen LogP contribution in [0.2, 0.25) is 0 Å². The molecule has 0 saturated heterocycles. The molecule has 1 aliphatic carbocycles. The summed E-state index contributed by atoms with van der Waals surface area (Å²) in [4.78, 5) is 27.3. The molecular weight excluding hydrogens is 376 g/mol. The third-order valence-electron chi connectivity index (χ3n) is 5.46. The summed E-state index contributed by atoms with van der Waals surface area (Å²) in [5.74, 6) is 0.746. The number of carbonyl (C=O) groups is 2. The molecule has 0 fully saturated rings. The van der Waals surface area contributed by atoms with Gasteiger partial charge in [-0.1, -0.05) is 66.7 Å². The second kappa shape index (κ2) is 6.85. The molecule has 0 atom stereocenters. The highest BCUT2D eigenvalue weighted by atomic mass is 16.5. The van der Waals surface area contributed by atoms with Crippen molar-refractivity contribution in [1.29, 1.82) is 0 Å². The molecule has 1 aromatic heterocycles. The minimum absolute atomic E-state index is 0.234. The number of carbonyl (C=O) groups excluding carboxylic acids is 2. The highest BCUT2D eigenvalue weighted by Crippen LogP contribution is 2.44. The van der Waals surface area contributed by atoms with Gasteiger partial charge in [0, 0.05) is 16.7 Å². The van der Waals surface area contributed by atoms with Crippen LogP contribution in [0.3, 0.4) is 0 Å². The molecule has 0 unspecified atom stereocenters. The van der Waals surface area contributed by atoms with Gasteiger partial charge in [-0.2, -0.15) is 0 Å². The Morgan fingerprint density at radius 1 is 0.667 bits per heavy atom. The first-order valence-electron chi connectivity index (χ1n) is 9.66. The first-order valence-corrected chi connectivity index (χ1v) is 9.66. The van der Waals surface area contributed by atoms with Crippen molar-refractivity contribution in [1.82, 2.24) is 0 Å². The lowest BCUT2D eigenvalue weighted by Crippen LogP contribution is -2.22. The van der Waals surface area contributed by atoms with Crippen molar-refractivity contribution in [2.75, 3.05) is 7.11 Å². The topological polar surface area (TPSA) is 56.5 Å². The quantitative estimate of drug-likeness (QED) is 0.393. The molecule has 4 aromatic rings. The molecule has 0 saturated carbocycles. The van der Waals surface area contributed by atoms with Gasteiger partial charge in [0.15, 0.2) is 5.78 Å². The van der Waals surface area contributed by atoms with Crippen LogP contribution < -0.4 is 4.74 Å². The van der Waals surface area contributed by atoms with Crippen molar-refractivity contribution in [2.45, 2.75) is 6.92 Å². The molecule has 0 N–H and O–H groups in total. The second-order valence-electron chi connectivity index (χ2n) is 7.24. The number of ketones is 2. The van der Waals surface area contributed by atoms with Crippen molar-refractivity contribution >= 4 is 11.6 Å². The van der Waals surface area contributed by atoms with Gasteiger partial charge >= 0.3 is 0 Å². The number of furan rings is 1. The van der Waals surface area contributed by atoms with Gasteiger partial charge in [0.1, 0.15) is 17.3 Å². The molecule has 0 amide bonds. The van der Waals surface area contributed by atoms with Crippen molar-refractivity contribution in [2.24, 2.45) is 0 Å². The number of methoxy groups -OCH3 is 1. The van der Waals surface area contributed by atoms with E-state index in [0.29, 0.717) is 39.5 Å². The third kappa shape index (κ3) is 2.54. The van der Waals surface area contributed by atoms with Gasteiger partial charge in [-0.05, 0) is 18.6 Å². The fourth-order valence-electron chi connectivity index (χ4n) is 4.07. The zero-order valence-corrected chi connectivity index (χ0v) is 16.6. The van der Waals surface area contributed by atoms with Gasteiger partial charge in [0.25, 0.3) is 0 Å². The Morgan fingerprint density at radius 2 is 1.20 bits per heavy atom. The molecule has 0 bridgehead atoms. The number of benzene rings is 3. The summed E-state index contributed by atoms with van der Waals surface area (Å²) in [6.07, 6.45) is 0. The second-order valence-corrected chi connectivity index (χ2v) is 7.24. The van der Waals surface area contributed by atoms with E-state index in [4.69, 9.17) is 9.15 Å². The van der Waals surface area contributed by atoms with Crippen LogP contribution >= 0.6 is 0 Å². The lowest BCUT2D eigenvalue weighted by molar-refractivity contribution is 0.0978. The Balaban J connectivity index is 1.86. The molecule has 5 rings (SSSR count). The van der Waals surface area contributed by atoms with Crippen molar-refractivity contribution in [3.05, 3.63) is 101 Å². The van der Waals surface area contributed by atoms with E-state index in [-0.39, 0.29) is 11.6 Å². The molecular formula is C26H18O4. The van der Waals surface area contributed by atoms with Gasteiger partial charge in [-0.3, -0.25) is 9.59 Å². The Bertz CT molecular complexity index is 1300. The van der Waals surface area contributed by atoms with Gasteiger partial charge in [0.2, 0.25) is 5.78 Å². The smallest absolute Gasteiger partial charge is 0.202 e. The minimum atomic E-state index is -0.259. The van der Waals surface area contributed by atoms with Crippen LogP contribution in [-0.2, 0) is 0 Å². The van der Waals surface area contributed by atoms with E-state index in [1.165, 1.54) is 7.11 Å². The predicted molar refractivity (Wildman–Crippen MR) is 114 cm³/mol. The first-order chi connectivity index (χ1) is 14.6. The van der Waals surface area contributed by atoms with Gasteiger partial charge in [0.05, 0.1) is 23.8 Å². The predicted octanol–water partition coefficient (Wildman–Crippen LogP) is 5.71. The average molecular weight is 394 g/mol. The third-order valence-corrected chi connectivity index (χ3v) is 5.46. The number of aryl methyl sites for hydroxylation is 1. The Labute approximate surface area is 173 Å². The van der Waals surface area contributed by atoms with E-state index >= 15 is 0 Å². The monoisotopic (exact) mass is 394 g/mol. The maximum atomic E-state index is 13.7.